The van der Waals surface area contributed by atoms with E-state index in [4.69, 9.17) is 16.3 Å². The highest BCUT2D eigenvalue weighted by Crippen LogP contribution is 2.21. The summed E-state index contributed by atoms with van der Waals surface area (Å²) in [5, 5.41) is 3.31. The molecule has 1 aliphatic heterocycles. The molecule has 1 atom stereocenters. The Morgan fingerprint density at radius 2 is 2.50 bits per heavy atom. The van der Waals surface area contributed by atoms with Crippen LogP contribution in [0.25, 0.3) is 0 Å². The number of morpholine rings is 1. The number of ether oxygens (including phenoxy) is 1. The van der Waals surface area contributed by atoms with Crippen molar-refractivity contribution >= 4 is 17.5 Å². The fourth-order valence-electron chi connectivity index (χ4n) is 1.35. The molecule has 0 aromatic carbocycles. The lowest BCUT2D eigenvalue weighted by Gasteiger charge is -2.23. The molecule has 0 aliphatic carbocycles. The molecule has 1 N–H and O–H groups in total. The second-order valence-corrected chi connectivity index (χ2v) is 3.41. The second kappa shape index (κ2) is 3.94. The van der Waals surface area contributed by atoms with Gasteiger partial charge in [0.15, 0.2) is 0 Å². The fraction of sp³-hybridized carbons (Fsp3) is 0.333. The lowest BCUT2D eigenvalue weighted by Crippen LogP contribution is -2.40. The fourth-order valence-corrected chi connectivity index (χ4v) is 1.60. The van der Waals surface area contributed by atoms with Crippen LogP contribution in [0.15, 0.2) is 18.3 Å². The van der Waals surface area contributed by atoms with E-state index in [1.54, 1.807) is 18.3 Å². The third-order valence-electron chi connectivity index (χ3n) is 1.97. The van der Waals surface area contributed by atoms with Gasteiger partial charge in [0.05, 0.1) is 23.4 Å². The van der Waals surface area contributed by atoms with Gasteiger partial charge in [-0.15, -0.1) is 0 Å². The van der Waals surface area contributed by atoms with E-state index in [0.29, 0.717) is 17.3 Å². The smallest absolute Gasteiger partial charge is 0.246 e. The van der Waals surface area contributed by atoms with Crippen LogP contribution in [0.4, 0.5) is 0 Å². The molecule has 5 heteroatoms. The summed E-state index contributed by atoms with van der Waals surface area (Å²) in [7, 11) is 0. The lowest BCUT2D eigenvalue weighted by atomic mass is 10.2. The molecule has 0 radical (unpaired) electrons. The molecule has 0 saturated carbocycles. The number of carbonyl (C=O) groups excluding carboxylic acids is 1. The minimum atomic E-state index is -0.232. The van der Waals surface area contributed by atoms with E-state index in [1.807, 2.05) is 0 Å². The number of amides is 1. The van der Waals surface area contributed by atoms with E-state index in [9.17, 15) is 4.79 Å². The van der Waals surface area contributed by atoms with E-state index in [1.165, 1.54) is 0 Å². The van der Waals surface area contributed by atoms with Crippen LogP contribution in [0.5, 0.6) is 0 Å². The van der Waals surface area contributed by atoms with Crippen LogP contribution in [-0.2, 0) is 9.53 Å². The Hall–Kier alpha value is -1.13. The zero-order valence-corrected chi connectivity index (χ0v) is 8.12. The van der Waals surface area contributed by atoms with Gasteiger partial charge in [0.2, 0.25) is 5.91 Å². The molecule has 1 fully saturated rings. The SMILES string of the molecule is O=C1COC[C@@H](c2ncccc2Cl)N1. The molecule has 2 rings (SSSR count). The van der Waals surface area contributed by atoms with Gasteiger partial charge in [0.1, 0.15) is 6.61 Å². The van der Waals surface area contributed by atoms with Crippen molar-refractivity contribution in [2.45, 2.75) is 6.04 Å². The molecule has 14 heavy (non-hydrogen) atoms. The third-order valence-corrected chi connectivity index (χ3v) is 2.29. The Morgan fingerprint density at radius 1 is 1.64 bits per heavy atom. The van der Waals surface area contributed by atoms with Gasteiger partial charge in [-0.05, 0) is 12.1 Å². The molecule has 74 valence electrons. The van der Waals surface area contributed by atoms with E-state index in [-0.39, 0.29) is 18.6 Å². The van der Waals surface area contributed by atoms with Gasteiger partial charge in [0, 0.05) is 6.20 Å². The Balaban J connectivity index is 2.22. The van der Waals surface area contributed by atoms with Crippen LogP contribution in [0, 0.1) is 0 Å². The third kappa shape index (κ3) is 1.86. The Labute approximate surface area is 86.2 Å². The van der Waals surface area contributed by atoms with Crippen molar-refractivity contribution in [3.05, 3.63) is 29.0 Å². The molecule has 1 aliphatic rings. The van der Waals surface area contributed by atoms with Crippen molar-refractivity contribution in [3.63, 3.8) is 0 Å². The van der Waals surface area contributed by atoms with Crippen LogP contribution >= 0.6 is 11.6 Å². The highest BCUT2D eigenvalue weighted by Gasteiger charge is 2.22. The van der Waals surface area contributed by atoms with Gasteiger partial charge in [-0.3, -0.25) is 9.78 Å². The second-order valence-electron chi connectivity index (χ2n) is 3.01. The summed E-state index contributed by atoms with van der Waals surface area (Å²) in [6, 6.07) is 3.26. The standard InChI is InChI=1S/C9H9ClN2O2/c10-6-2-1-3-11-9(6)7-4-14-5-8(13)12-7/h1-3,7H,4-5H2,(H,12,13)/t7-/m0/s1. The first-order valence-corrected chi connectivity index (χ1v) is 4.62. The Bertz CT molecular complexity index is 356. The summed E-state index contributed by atoms with van der Waals surface area (Å²) in [5.41, 5.74) is 0.655. The lowest BCUT2D eigenvalue weighted by molar-refractivity contribution is -0.131. The minimum Gasteiger partial charge on any atom is -0.369 e. The summed E-state index contributed by atoms with van der Waals surface area (Å²) in [6.07, 6.45) is 1.64. The van der Waals surface area contributed by atoms with E-state index < -0.39 is 0 Å². The minimum absolute atomic E-state index is 0.112. The number of aromatic nitrogens is 1. The monoisotopic (exact) mass is 212 g/mol. The molecule has 0 spiro atoms. The van der Waals surface area contributed by atoms with Crippen LogP contribution < -0.4 is 5.32 Å². The molecule has 1 saturated heterocycles. The van der Waals surface area contributed by atoms with Crippen molar-refractivity contribution in [2.75, 3.05) is 13.2 Å². The first kappa shape index (κ1) is 9.43. The summed E-state index contributed by atoms with van der Waals surface area (Å²) < 4.78 is 5.09. The van der Waals surface area contributed by atoms with Crippen molar-refractivity contribution in [2.24, 2.45) is 0 Å². The first-order chi connectivity index (χ1) is 6.77. The molecule has 1 aromatic rings. The predicted octanol–water partition coefficient (Wildman–Crippen LogP) is 0.922. The number of rotatable bonds is 1. The van der Waals surface area contributed by atoms with Crippen LogP contribution in [-0.4, -0.2) is 24.1 Å². The maximum Gasteiger partial charge on any atom is 0.246 e. The van der Waals surface area contributed by atoms with Gasteiger partial charge < -0.3 is 10.1 Å². The highest BCUT2D eigenvalue weighted by atomic mass is 35.5. The topological polar surface area (TPSA) is 51.2 Å². The summed E-state index contributed by atoms with van der Waals surface area (Å²) in [6.45, 7) is 0.531. The van der Waals surface area contributed by atoms with Crippen molar-refractivity contribution in [1.29, 1.82) is 0 Å². The van der Waals surface area contributed by atoms with Crippen molar-refractivity contribution < 1.29 is 9.53 Å². The summed E-state index contributed by atoms with van der Waals surface area (Å²) >= 11 is 5.94. The highest BCUT2D eigenvalue weighted by molar-refractivity contribution is 6.31. The number of hydrogen-bond acceptors (Lipinski definition) is 3. The van der Waals surface area contributed by atoms with Crippen molar-refractivity contribution in [3.8, 4) is 0 Å². The summed E-state index contributed by atoms with van der Waals surface area (Å²) in [4.78, 5) is 15.2. The molecule has 1 amide bonds. The average molecular weight is 213 g/mol. The Morgan fingerprint density at radius 3 is 3.21 bits per heavy atom. The average Bonchev–Trinajstić information content (AvgIpc) is 2.18. The van der Waals surface area contributed by atoms with E-state index >= 15 is 0 Å². The number of nitrogens with zero attached hydrogens (tertiary/aromatic N) is 1. The van der Waals surface area contributed by atoms with Crippen LogP contribution in [0.3, 0.4) is 0 Å². The molecular weight excluding hydrogens is 204 g/mol. The number of hydrogen-bond donors (Lipinski definition) is 1. The first-order valence-electron chi connectivity index (χ1n) is 4.25. The summed E-state index contributed by atoms with van der Waals surface area (Å²) in [5.74, 6) is -0.136. The molecule has 0 unspecified atom stereocenters. The van der Waals surface area contributed by atoms with Crippen LogP contribution in [0.2, 0.25) is 5.02 Å². The zero-order valence-electron chi connectivity index (χ0n) is 7.37. The van der Waals surface area contributed by atoms with Gasteiger partial charge in [-0.2, -0.15) is 0 Å². The number of halogens is 1. The quantitative estimate of drug-likeness (QED) is 0.753. The molecule has 4 nitrogen and oxygen atoms in total. The molecule has 2 heterocycles. The largest absolute Gasteiger partial charge is 0.369 e. The molecule has 1 aromatic heterocycles. The normalized spacial score (nSPS) is 21.8. The van der Waals surface area contributed by atoms with Crippen LogP contribution in [0.1, 0.15) is 11.7 Å². The zero-order chi connectivity index (χ0) is 9.97. The van der Waals surface area contributed by atoms with Crippen molar-refractivity contribution in [1.82, 2.24) is 10.3 Å². The number of nitrogens with one attached hydrogen (secondary N) is 1. The maximum absolute atomic E-state index is 11.1. The van der Waals surface area contributed by atoms with Gasteiger partial charge in [0.25, 0.3) is 0 Å². The van der Waals surface area contributed by atoms with E-state index in [2.05, 4.69) is 10.3 Å². The number of pyridine rings is 1. The molecule has 0 bridgehead atoms. The maximum atomic E-state index is 11.1. The van der Waals surface area contributed by atoms with Gasteiger partial charge in [-0.1, -0.05) is 11.6 Å². The van der Waals surface area contributed by atoms with Gasteiger partial charge >= 0.3 is 0 Å². The van der Waals surface area contributed by atoms with E-state index in [0.717, 1.165) is 0 Å². The van der Waals surface area contributed by atoms with Gasteiger partial charge in [-0.25, -0.2) is 0 Å². The molecular formula is C9H9ClN2O2. The predicted molar refractivity (Wildman–Crippen MR) is 50.9 cm³/mol. The number of carbonyl (C=O) groups is 1. The Kier molecular flexibility index (Phi) is 2.65.